The van der Waals surface area contributed by atoms with Crippen molar-refractivity contribution in [2.75, 3.05) is 19.8 Å². The molecule has 146 valence electrons. The molecule has 7 nitrogen and oxygen atoms in total. The van der Waals surface area contributed by atoms with E-state index in [2.05, 4.69) is 15.6 Å². The molecule has 1 aliphatic rings. The molecule has 1 amide bonds. The average Bonchev–Trinajstić information content (AvgIpc) is 3.23. The van der Waals surface area contributed by atoms with Crippen molar-refractivity contribution in [3.8, 4) is 0 Å². The van der Waals surface area contributed by atoms with Crippen molar-refractivity contribution in [2.45, 2.75) is 24.7 Å². The molecule has 0 radical (unpaired) electrons. The smallest absolute Gasteiger partial charge is 0.386 e. The highest BCUT2D eigenvalue weighted by atomic mass is 19.4. The van der Waals surface area contributed by atoms with Gasteiger partial charge in [0.2, 0.25) is 0 Å². The minimum Gasteiger partial charge on any atom is -0.386 e. The number of halogens is 4. The summed E-state index contributed by atoms with van der Waals surface area (Å²) >= 11 is 0. The molecular formula is C16H16F4N4O3. The second-order valence-corrected chi connectivity index (χ2v) is 6.32. The number of hydrogen-bond donors (Lipinski definition) is 2. The van der Waals surface area contributed by atoms with Crippen LogP contribution >= 0.6 is 0 Å². The number of amides is 1. The molecule has 3 rings (SSSR count). The first-order chi connectivity index (χ1) is 12.7. The topological polar surface area (TPSA) is 89.3 Å². The van der Waals surface area contributed by atoms with Gasteiger partial charge in [-0.3, -0.25) is 4.79 Å². The van der Waals surface area contributed by atoms with Crippen LogP contribution in [-0.2, 0) is 17.5 Å². The molecule has 0 aliphatic carbocycles. The summed E-state index contributed by atoms with van der Waals surface area (Å²) in [6.07, 6.45) is -3.16. The van der Waals surface area contributed by atoms with Crippen molar-refractivity contribution in [2.24, 2.45) is 0 Å². The molecule has 1 aromatic carbocycles. The molecule has 1 aliphatic heterocycles. The predicted octanol–water partition coefficient (Wildman–Crippen LogP) is 1.37. The summed E-state index contributed by atoms with van der Waals surface area (Å²) in [6, 6.07) is 2.61. The Hall–Kier alpha value is -2.53. The Bertz CT molecular complexity index is 831. The monoisotopic (exact) mass is 388 g/mol. The Kier molecular flexibility index (Phi) is 5.16. The number of nitrogens with one attached hydrogen (secondary N) is 1. The quantitative estimate of drug-likeness (QED) is 0.756. The summed E-state index contributed by atoms with van der Waals surface area (Å²) in [6.45, 7) is 0.374. The number of aliphatic hydroxyl groups is 1. The molecule has 1 saturated heterocycles. The predicted molar refractivity (Wildman–Crippen MR) is 83.2 cm³/mol. The fourth-order valence-corrected chi connectivity index (χ4v) is 2.63. The molecular weight excluding hydrogens is 372 g/mol. The molecule has 0 bridgehead atoms. The highest BCUT2D eigenvalue weighted by molar-refractivity contribution is 5.91. The molecule has 2 N–H and O–H groups in total. The highest BCUT2D eigenvalue weighted by Gasteiger charge is 2.34. The van der Waals surface area contributed by atoms with Crippen LogP contribution in [0.25, 0.3) is 0 Å². The summed E-state index contributed by atoms with van der Waals surface area (Å²) in [7, 11) is 0. The first-order valence-corrected chi connectivity index (χ1v) is 8.00. The Morgan fingerprint density at radius 3 is 2.85 bits per heavy atom. The van der Waals surface area contributed by atoms with Crippen LogP contribution in [0.1, 0.15) is 28.0 Å². The Morgan fingerprint density at radius 1 is 1.41 bits per heavy atom. The van der Waals surface area contributed by atoms with Gasteiger partial charge in [-0.25, -0.2) is 9.07 Å². The van der Waals surface area contributed by atoms with Crippen LogP contribution in [0, 0.1) is 5.82 Å². The largest absolute Gasteiger partial charge is 0.419 e. The highest BCUT2D eigenvalue weighted by Crippen LogP contribution is 2.32. The maximum atomic E-state index is 13.3. The summed E-state index contributed by atoms with van der Waals surface area (Å²) in [5.74, 6) is -1.95. The van der Waals surface area contributed by atoms with Crippen LogP contribution in [0.3, 0.4) is 0 Å². The van der Waals surface area contributed by atoms with E-state index in [1.165, 1.54) is 12.3 Å². The van der Waals surface area contributed by atoms with E-state index in [0.29, 0.717) is 19.1 Å². The van der Waals surface area contributed by atoms with Gasteiger partial charge in [0.1, 0.15) is 11.4 Å². The van der Waals surface area contributed by atoms with Crippen molar-refractivity contribution in [1.82, 2.24) is 20.3 Å². The standard InChI is InChI=1S/C16H16F4N4O3/c17-12-2-1-10(5-11(12)16(18,19)20)6-24-7-13(22-23-24)14(25)21-8-15(26)3-4-27-9-15/h1-2,5,7,26H,3-4,6,8-9H2,(H,21,25). The molecule has 2 heterocycles. The van der Waals surface area contributed by atoms with Gasteiger partial charge >= 0.3 is 6.18 Å². The van der Waals surface area contributed by atoms with Crippen molar-refractivity contribution in [3.05, 3.63) is 47.0 Å². The van der Waals surface area contributed by atoms with Gasteiger partial charge in [0.15, 0.2) is 5.69 Å². The fraction of sp³-hybridized carbons (Fsp3) is 0.438. The third kappa shape index (κ3) is 4.61. The normalized spacial score (nSPS) is 20.0. The van der Waals surface area contributed by atoms with E-state index in [0.717, 1.165) is 10.7 Å². The average molecular weight is 388 g/mol. The van der Waals surface area contributed by atoms with E-state index in [4.69, 9.17) is 4.74 Å². The van der Waals surface area contributed by atoms with Gasteiger partial charge in [-0.15, -0.1) is 5.10 Å². The van der Waals surface area contributed by atoms with Crippen LogP contribution in [-0.4, -0.2) is 51.4 Å². The Balaban J connectivity index is 1.65. The number of benzene rings is 1. The number of carbonyl (C=O) groups excluding carboxylic acids is 1. The fourth-order valence-electron chi connectivity index (χ4n) is 2.63. The number of aromatic nitrogens is 3. The number of rotatable bonds is 5. The van der Waals surface area contributed by atoms with Crippen LogP contribution in [0.5, 0.6) is 0 Å². The van der Waals surface area contributed by atoms with Gasteiger partial charge < -0.3 is 15.2 Å². The molecule has 1 aromatic heterocycles. The molecule has 2 aromatic rings. The van der Waals surface area contributed by atoms with Gasteiger partial charge in [-0.05, 0) is 17.7 Å². The van der Waals surface area contributed by atoms with Crippen molar-refractivity contribution < 1.29 is 32.2 Å². The zero-order valence-electron chi connectivity index (χ0n) is 14.0. The summed E-state index contributed by atoms with van der Waals surface area (Å²) in [5, 5.41) is 20.0. The first-order valence-electron chi connectivity index (χ1n) is 8.00. The maximum absolute atomic E-state index is 13.3. The van der Waals surface area contributed by atoms with Crippen LogP contribution in [0.2, 0.25) is 0 Å². The van der Waals surface area contributed by atoms with Gasteiger partial charge in [-0.2, -0.15) is 13.2 Å². The second kappa shape index (κ2) is 7.24. The van der Waals surface area contributed by atoms with E-state index in [1.807, 2.05) is 0 Å². The second-order valence-electron chi connectivity index (χ2n) is 6.32. The van der Waals surface area contributed by atoms with Crippen molar-refractivity contribution in [3.63, 3.8) is 0 Å². The lowest BCUT2D eigenvalue weighted by atomic mass is 10.0. The first kappa shape index (κ1) is 19.2. The van der Waals surface area contributed by atoms with E-state index >= 15 is 0 Å². The third-order valence-corrected chi connectivity index (χ3v) is 4.11. The molecule has 1 fully saturated rings. The number of nitrogens with zero attached hydrogens (tertiary/aromatic N) is 3. The van der Waals surface area contributed by atoms with E-state index < -0.39 is 29.1 Å². The van der Waals surface area contributed by atoms with Gasteiger partial charge in [0, 0.05) is 19.6 Å². The van der Waals surface area contributed by atoms with E-state index in [9.17, 15) is 27.5 Å². The summed E-state index contributed by atoms with van der Waals surface area (Å²) in [5.41, 5.74) is -2.41. The number of hydrogen-bond acceptors (Lipinski definition) is 5. The van der Waals surface area contributed by atoms with Crippen LogP contribution < -0.4 is 5.32 Å². The lowest BCUT2D eigenvalue weighted by molar-refractivity contribution is -0.140. The zero-order chi connectivity index (χ0) is 19.7. The summed E-state index contributed by atoms with van der Waals surface area (Å²) < 4.78 is 57.8. The zero-order valence-corrected chi connectivity index (χ0v) is 14.0. The Labute approximate surface area is 150 Å². The van der Waals surface area contributed by atoms with Gasteiger partial charge in [0.25, 0.3) is 5.91 Å². The number of alkyl halides is 3. The van der Waals surface area contributed by atoms with E-state index in [-0.39, 0.29) is 31.0 Å². The molecule has 0 spiro atoms. The third-order valence-electron chi connectivity index (χ3n) is 4.11. The van der Waals surface area contributed by atoms with Crippen molar-refractivity contribution >= 4 is 5.91 Å². The molecule has 1 unspecified atom stereocenters. The van der Waals surface area contributed by atoms with Crippen molar-refractivity contribution in [1.29, 1.82) is 0 Å². The molecule has 1 atom stereocenters. The molecule has 0 saturated carbocycles. The van der Waals surface area contributed by atoms with Crippen LogP contribution in [0.15, 0.2) is 24.4 Å². The minimum atomic E-state index is -4.81. The lowest BCUT2D eigenvalue weighted by Gasteiger charge is -2.20. The van der Waals surface area contributed by atoms with Gasteiger partial charge in [0.05, 0.1) is 24.9 Å². The minimum absolute atomic E-state index is 0.0222. The van der Waals surface area contributed by atoms with E-state index in [1.54, 1.807) is 0 Å². The summed E-state index contributed by atoms with van der Waals surface area (Å²) in [4.78, 5) is 12.1. The number of ether oxygens (including phenoxy) is 1. The number of carbonyl (C=O) groups is 1. The SMILES string of the molecule is O=C(NCC1(O)CCOC1)c1cn(Cc2ccc(F)c(C(F)(F)F)c2)nn1. The molecule has 11 heteroatoms. The van der Waals surface area contributed by atoms with Crippen LogP contribution in [0.4, 0.5) is 17.6 Å². The molecule has 27 heavy (non-hydrogen) atoms. The Morgan fingerprint density at radius 2 is 2.19 bits per heavy atom. The maximum Gasteiger partial charge on any atom is 0.419 e. The lowest BCUT2D eigenvalue weighted by Crippen LogP contribution is -2.43. The van der Waals surface area contributed by atoms with Gasteiger partial charge in [-0.1, -0.05) is 11.3 Å².